The fourth-order valence-corrected chi connectivity index (χ4v) is 1.82. The van der Waals surface area contributed by atoms with Crippen LogP contribution in [0, 0.1) is 0 Å². The van der Waals surface area contributed by atoms with E-state index in [2.05, 4.69) is 5.32 Å². The van der Waals surface area contributed by atoms with E-state index in [0.29, 0.717) is 5.02 Å². The van der Waals surface area contributed by atoms with Gasteiger partial charge in [-0.3, -0.25) is 0 Å². The van der Waals surface area contributed by atoms with Gasteiger partial charge in [-0.1, -0.05) is 23.7 Å². The minimum absolute atomic E-state index is 0.0185. The summed E-state index contributed by atoms with van der Waals surface area (Å²) in [6.45, 7) is 5.68. The molecule has 3 N–H and O–H groups in total. The van der Waals surface area contributed by atoms with Crippen LogP contribution in [0.5, 0.6) is 0 Å². The van der Waals surface area contributed by atoms with Gasteiger partial charge in [-0.15, -0.1) is 0 Å². The quantitative estimate of drug-likeness (QED) is 0.757. The van der Waals surface area contributed by atoms with E-state index in [9.17, 15) is 10.2 Å². The third-order valence-corrected chi connectivity index (χ3v) is 2.95. The van der Waals surface area contributed by atoms with Crippen molar-refractivity contribution in [2.24, 2.45) is 0 Å². The van der Waals surface area contributed by atoms with Gasteiger partial charge in [-0.05, 0) is 38.5 Å². The van der Waals surface area contributed by atoms with Crippen LogP contribution in [0.15, 0.2) is 24.3 Å². The zero-order valence-electron chi connectivity index (χ0n) is 10.4. The van der Waals surface area contributed by atoms with Crippen molar-refractivity contribution >= 4 is 11.6 Å². The molecule has 0 fully saturated rings. The van der Waals surface area contributed by atoms with Crippen molar-refractivity contribution in [1.82, 2.24) is 5.32 Å². The maximum Gasteiger partial charge on any atom is 0.0940 e. The van der Waals surface area contributed by atoms with Crippen LogP contribution in [0.4, 0.5) is 0 Å². The summed E-state index contributed by atoms with van der Waals surface area (Å²) in [5.74, 6) is 0. The molecule has 17 heavy (non-hydrogen) atoms. The zero-order valence-corrected chi connectivity index (χ0v) is 11.2. The van der Waals surface area contributed by atoms with E-state index in [1.807, 2.05) is 20.8 Å². The smallest absolute Gasteiger partial charge is 0.0940 e. The maximum absolute atomic E-state index is 10.2. The Bertz CT molecular complexity index is 351. The van der Waals surface area contributed by atoms with Gasteiger partial charge in [-0.2, -0.15) is 0 Å². The number of halogens is 1. The molecule has 0 aliphatic carbocycles. The van der Waals surface area contributed by atoms with Gasteiger partial charge in [0.15, 0.2) is 0 Å². The van der Waals surface area contributed by atoms with Crippen molar-refractivity contribution in [3.63, 3.8) is 0 Å². The standard InChI is InChI=1S/C13H20ClNO2/c1-9(15-13(2,3)8-16)12(17)10-4-6-11(14)7-5-10/h4-7,9,12,15-17H,8H2,1-3H3. The Balaban J connectivity index is 2.69. The van der Waals surface area contributed by atoms with Crippen molar-refractivity contribution in [3.8, 4) is 0 Å². The zero-order chi connectivity index (χ0) is 13.1. The predicted octanol–water partition coefficient (Wildman–Crippen LogP) is 2.12. The van der Waals surface area contributed by atoms with E-state index in [1.165, 1.54) is 0 Å². The number of aliphatic hydroxyl groups excluding tert-OH is 2. The van der Waals surface area contributed by atoms with Crippen LogP contribution in [0.1, 0.15) is 32.4 Å². The first-order chi connectivity index (χ1) is 7.85. The molecule has 0 aliphatic rings. The second-order valence-corrected chi connectivity index (χ2v) is 5.41. The monoisotopic (exact) mass is 257 g/mol. The fraction of sp³-hybridized carbons (Fsp3) is 0.538. The van der Waals surface area contributed by atoms with Gasteiger partial charge < -0.3 is 15.5 Å². The molecule has 0 saturated carbocycles. The molecule has 1 aromatic rings. The highest BCUT2D eigenvalue weighted by molar-refractivity contribution is 6.30. The molecule has 0 bridgehead atoms. The number of nitrogens with one attached hydrogen (secondary N) is 1. The number of hydrogen-bond donors (Lipinski definition) is 3. The molecule has 2 unspecified atom stereocenters. The second kappa shape index (κ2) is 5.83. The number of benzene rings is 1. The summed E-state index contributed by atoms with van der Waals surface area (Å²) in [6, 6.07) is 6.96. The topological polar surface area (TPSA) is 52.5 Å². The van der Waals surface area contributed by atoms with Crippen LogP contribution in [0.3, 0.4) is 0 Å². The Hall–Kier alpha value is -0.610. The van der Waals surface area contributed by atoms with Crippen LogP contribution >= 0.6 is 11.6 Å². The van der Waals surface area contributed by atoms with Crippen molar-refractivity contribution in [2.75, 3.05) is 6.61 Å². The predicted molar refractivity (Wildman–Crippen MR) is 70.2 cm³/mol. The van der Waals surface area contributed by atoms with Crippen LogP contribution in [-0.4, -0.2) is 28.4 Å². The fourth-order valence-electron chi connectivity index (χ4n) is 1.69. The third kappa shape index (κ3) is 4.28. The van der Waals surface area contributed by atoms with E-state index >= 15 is 0 Å². The average Bonchev–Trinajstić information content (AvgIpc) is 2.28. The molecular formula is C13H20ClNO2. The minimum Gasteiger partial charge on any atom is -0.394 e. The molecule has 0 aliphatic heterocycles. The molecular weight excluding hydrogens is 238 g/mol. The molecule has 0 aromatic heterocycles. The van der Waals surface area contributed by atoms with Crippen LogP contribution in [0.2, 0.25) is 5.02 Å². The maximum atomic E-state index is 10.2. The van der Waals surface area contributed by atoms with E-state index in [-0.39, 0.29) is 12.6 Å². The molecule has 0 spiro atoms. The minimum atomic E-state index is -0.627. The molecule has 0 radical (unpaired) electrons. The van der Waals surface area contributed by atoms with Crippen molar-refractivity contribution < 1.29 is 10.2 Å². The van der Waals surface area contributed by atoms with Crippen molar-refractivity contribution in [3.05, 3.63) is 34.9 Å². The Morgan fingerprint density at radius 2 is 1.82 bits per heavy atom. The molecule has 1 rings (SSSR count). The van der Waals surface area contributed by atoms with Gasteiger partial charge in [0.25, 0.3) is 0 Å². The summed E-state index contributed by atoms with van der Waals surface area (Å²) in [4.78, 5) is 0. The SMILES string of the molecule is CC(NC(C)(C)CO)C(O)c1ccc(Cl)cc1. The van der Waals surface area contributed by atoms with Gasteiger partial charge >= 0.3 is 0 Å². The summed E-state index contributed by atoms with van der Waals surface area (Å²) in [5, 5.41) is 23.2. The highest BCUT2D eigenvalue weighted by Crippen LogP contribution is 2.20. The largest absolute Gasteiger partial charge is 0.394 e. The van der Waals surface area contributed by atoms with E-state index in [0.717, 1.165) is 5.56 Å². The molecule has 3 nitrogen and oxygen atoms in total. The molecule has 4 heteroatoms. The molecule has 2 atom stereocenters. The summed E-state index contributed by atoms with van der Waals surface area (Å²) >= 11 is 5.79. The van der Waals surface area contributed by atoms with E-state index < -0.39 is 11.6 Å². The van der Waals surface area contributed by atoms with Crippen LogP contribution in [0.25, 0.3) is 0 Å². The number of rotatable bonds is 5. The lowest BCUT2D eigenvalue weighted by Gasteiger charge is -2.31. The summed E-state index contributed by atoms with van der Waals surface area (Å²) in [6.07, 6.45) is -0.627. The highest BCUT2D eigenvalue weighted by atomic mass is 35.5. The number of aliphatic hydroxyl groups is 2. The first-order valence-electron chi connectivity index (χ1n) is 5.68. The average molecular weight is 258 g/mol. The molecule has 0 amide bonds. The van der Waals surface area contributed by atoms with Gasteiger partial charge in [0.2, 0.25) is 0 Å². The van der Waals surface area contributed by atoms with Gasteiger partial charge in [0.05, 0.1) is 12.7 Å². The highest BCUT2D eigenvalue weighted by Gasteiger charge is 2.24. The lowest BCUT2D eigenvalue weighted by atomic mass is 9.99. The Kier molecular flexibility index (Phi) is 4.95. The van der Waals surface area contributed by atoms with E-state index in [1.54, 1.807) is 24.3 Å². The molecule has 96 valence electrons. The van der Waals surface area contributed by atoms with Crippen LogP contribution in [-0.2, 0) is 0 Å². The summed E-state index contributed by atoms with van der Waals surface area (Å²) < 4.78 is 0. The Morgan fingerprint density at radius 1 is 1.29 bits per heavy atom. The van der Waals surface area contributed by atoms with Crippen LogP contribution < -0.4 is 5.32 Å². The Labute approximate surface area is 107 Å². The molecule has 1 aromatic carbocycles. The van der Waals surface area contributed by atoms with Crippen molar-refractivity contribution in [2.45, 2.75) is 38.5 Å². The molecule has 0 heterocycles. The summed E-state index contributed by atoms with van der Waals surface area (Å²) in [7, 11) is 0. The lowest BCUT2D eigenvalue weighted by molar-refractivity contribution is 0.0991. The van der Waals surface area contributed by atoms with Crippen molar-refractivity contribution in [1.29, 1.82) is 0 Å². The lowest BCUT2D eigenvalue weighted by Crippen LogP contribution is -2.49. The third-order valence-electron chi connectivity index (χ3n) is 2.70. The summed E-state index contributed by atoms with van der Waals surface area (Å²) in [5.41, 5.74) is 0.399. The van der Waals surface area contributed by atoms with Gasteiger partial charge in [0, 0.05) is 16.6 Å². The normalized spacial score (nSPS) is 15.6. The molecule has 0 saturated heterocycles. The van der Waals surface area contributed by atoms with Gasteiger partial charge in [-0.25, -0.2) is 0 Å². The second-order valence-electron chi connectivity index (χ2n) is 4.97. The Morgan fingerprint density at radius 3 is 2.29 bits per heavy atom. The van der Waals surface area contributed by atoms with Gasteiger partial charge in [0.1, 0.15) is 0 Å². The van der Waals surface area contributed by atoms with E-state index in [4.69, 9.17) is 11.6 Å². The first-order valence-corrected chi connectivity index (χ1v) is 6.05. The first kappa shape index (κ1) is 14.5. The number of hydrogen-bond acceptors (Lipinski definition) is 3.